The molecule has 4 nitrogen and oxygen atoms in total. The molecule has 6 aromatic carbocycles. The Balaban J connectivity index is 1.18. The molecule has 0 N–H and O–H groups in total. The van der Waals surface area contributed by atoms with Gasteiger partial charge < -0.3 is 13.6 Å². The Kier molecular flexibility index (Phi) is 4.96. The van der Waals surface area contributed by atoms with Crippen molar-refractivity contribution in [1.82, 2.24) is 14.1 Å². The van der Waals surface area contributed by atoms with E-state index in [9.17, 15) is 0 Å². The van der Waals surface area contributed by atoms with Gasteiger partial charge in [0.25, 0.3) is 0 Å². The van der Waals surface area contributed by atoms with Gasteiger partial charge in [-0.05, 0) is 77.9 Å². The van der Waals surface area contributed by atoms with E-state index in [2.05, 4.69) is 137 Å². The molecule has 0 radical (unpaired) electrons. The molecule has 10 aromatic rings. The van der Waals surface area contributed by atoms with Crippen molar-refractivity contribution < 1.29 is 4.42 Å². The molecule has 4 heterocycles. The predicted octanol–water partition coefficient (Wildman–Crippen LogP) is 10.8. The molecule has 0 unspecified atom stereocenters. The predicted molar refractivity (Wildman–Crippen MR) is 186 cm³/mol. The van der Waals surface area contributed by atoms with Gasteiger partial charge in [0.15, 0.2) is 0 Å². The van der Waals surface area contributed by atoms with E-state index in [0.29, 0.717) is 0 Å². The van der Waals surface area contributed by atoms with Gasteiger partial charge in [-0.1, -0.05) is 78.9 Å². The number of benzene rings is 6. The van der Waals surface area contributed by atoms with Gasteiger partial charge >= 0.3 is 0 Å². The fourth-order valence-corrected chi connectivity index (χ4v) is 7.26. The van der Waals surface area contributed by atoms with Crippen LogP contribution >= 0.6 is 0 Å². The van der Waals surface area contributed by atoms with E-state index in [-0.39, 0.29) is 0 Å². The largest absolute Gasteiger partial charge is 0.456 e. The van der Waals surface area contributed by atoms with Crippen molar-refractivity contribution in [2.24, 2.45) is 0 Å². The molecule has 210 valence electrons. The monoisotopic (exact) mass is 575 g/mol. The first kappa shape index (κ1) is 24.3. The Morgan fingerprint density at radius 1 is 0.422 bits per heavy atom. The highest BCUT2D eigenvalue weighted by atomic mass is 16.3. The van der Waals surface area contributed by atoms with Crippen LogP contribution in [0.3, 0.4) is 0 Å². The molecule has 0 atom stereocenters. The van der Waals surface area contributed by atoms with Crippen LogP contribution in [-0.2, 0) is 0 Å². The van der Waals surface area contributed by atoms with Crippen molar-refractivity contribution in [3.05, 3.63) is 152 Å². The van der Waals surface area contributed by atoms with Crippen molar-refractivity contribution in [2.75, 3.05) is 0 Å². The number of hydrogen-bond donors (Lipinski definition) is 0. The zero-order valence-corrected chi connectivity index (χ0v) is 24.2. The molecule has 0 saturated carbocycles. The molecule has 0 aliphatic carbocycles. The number of nitrogens with zero attached hydrogens (tertiary/aromatic N) is 3. The summed E-state index contributed by atoms with van der Waals surface area (Å²) in [5.41, 5.74) is 11.9. The first-order valence-corrected chi connectivity index (χ1v) is 15.2. The van der Waals surface area contributed by atoms with E-state index in [0.717, 1.165) is 60.8 Å². The second-order valence-electron chi connectivity index (χ2n) is 11.6. The lowest BCUT2D eigenvalue weighted by Crippen LogP contribution is -1.96. The molecule has 0 aliphatic heterocycles. The lowest BCUT2D eigenvalue weighted by atomic mass is 10.0. The molecule has 0 aliphatic rings. The molecule has 0 saturated heterocycles. The maximum atomic E-state index is 6.26. The highest BCUT2D eigenvalue weighted by Crippen LogP contribution is 2.41. The number of hydrogen-bond acceptors (Lipinski definition) is 2. The van der Waals surface area contributed by atoms with Crippen LogP contribution in [0.5, 0.6) is 0 Å². The Hall–Kier alpha value is -6.13. The summed E-state index contributed by atoms with van der Waals surface area (Å²) in [6, 6.07) is 51.7. The first-order valence-electron chi connectivity index (χ1n) is 15.2. The molecular formula is C41H25N3O. The van der Waals surface area contributed by atoms with Crippen molar-refractivity contribution in [3.63, 3.8) is 0 Å². The summed E-state index contributed by atoms with van der Waals surface area (Å²) in [4.78, 5) is 4.90. The van der Waals surface area contributed by atoms with Crippen molar-refractivity contribution in [2.45, 2.75) is 0 Å². The van der Waals surface area contributed by atoms with E-state index in [1.54, 1.807) is 0 Å². The van der Waals surface area contributed by atoms with Crippen molar-refractivity contribution in [1.29, 1.82) is 0 Å². The number of furan rings is 1. The summed E-state index contributed by atoms with van der Waals surface area (Å²) in [7, 11) is 0. The zero-order chi connectivity index (χ0) is 29.5. The van der Waals surface area contributed by atoms with Gasteiger partial charge in [0.05, 0.1) is 27.6 Å². The highest BCUT2D eigenvalue weighted by molar-refractivity contribution is 6.26. The lowest BCUT2D eigenvalue weighted by Gasteiger charge is -2.12. The summed E-state index contributed by atoms with van der Waals surface area (Å²) in [6.45, 7) is 0. The molecule has 10 rings (SSSR count). The second kappa shape index (κ2) is 9.18. The maximum absolute atomic E-state index is 6.26. The summed E-state index contributed by atoms with van der Waals surface area (Å²) in [5, 5.41) is 5.87. The van der Waals surface area contributed by atoms with Crippen LogP contribution in [0.1, 0.15) is 0 Å². The molecule has 0 bridgehead atoms. The Bertz CT molecular complexity index is 2720. The summed E-state index contributed by atoms with van der Waals surface area (Å²) < 4.78 is 11.0. The Labute approximate surface area is 258 Å². The van der Waals surface area contributed by atoms with Crippen LogP contribution in [0.15, 0.2) is 156 Å². The van der Waals surface area contributed by atoms with E-state index >= 15 is 0 Å². The van der Waals surface area contributed by atoms with Gasteiger partial charge in [0, 0.05) is 44.5 Å². The normalized spacial score (nSPS) is 12.0. The maximum Gasteiger partial charge on any atom is 0.136 e. The number of fused-ring (bicyclic) bond motifs is 10. The molecule has 4 aromatic heterocycles. The van der Waals surface area contributed by atoms with Crippen LogP contribution in [-0.4, -0.2) is 14.1 Å². The average Bonchev–Trinajstić information content (AvgIpc) is 3.76. The SMILES string of the molecule is c1cc(-c2cccc(-n3c4cccnc4c4c5c(ccc43)oc3ccccc35)c2)cc(-n2c3ccccc3c3ccccc32)c1. The molecule has 0 fully saturated rings. The van der Waals surface area contributed by atoms with E-state index in [1.807, 2.05) is 24.4 Å². The van der Waals surface area contributed by atoms with Crippen LogP contribution < -0.4 is 0 Å². The average molecular weight is 576 g/mol. The van der Waals surface area contributed by atoms with Gasteiger partial charge in [-0.3, -0.25) is 4.98 Å². The van der Waals surface area contributed by atoms with Crippen LogP contribution in [0.4, 0.5) is 0 Å². The minimum Gasteiger partial charge on any atom is -0.456 e. The molecular weight excluding hydrogens is 550 g/mol. The van der Waals surface area contributed by atoms with E-state index in [4.69, 9.17) is 9.40 Å². The fraction of sp³-hybridized carbons (Fsp3) is 0. The third-order valence-corrected chi connectivity index (χ3v) is 9.15. The van der Waals surface area contributed by atoms with Crippen molar-refractivity contribution >= 4 is 65.7 Å². The fourth-order valence-electron chi connectivity index (χ4n) is 7.26. The lowest BCUT2D eigenvalue weighted by molar-refractivity contribution is 0.669. The number of aromatic nitrogens is 3. The highest BCUT2D eigenvalue weighted by Gasteiger charge is 2.19. The molecule has 0 amide bonds. The van der Waals surface area contributed by atoms with E-state index in [1.165, 1.54) is 27.4 Å². The smallest absolute Gasteiger partial charge is 0.136 e. The molecule has 0 spiro atoms. The standard InChI is InChI=1S/C41H25N3O/c1-4-17-33-30(14-1)31-15-2-5-18-34(31)43(33)28-12-7-10-26(24-28)27-11-8-13-29(25-27)44-35-21-22-38-39(32-16-3-6-20-37(32)45-38)40(35)41-36(44)19-9-23-42-41/h1-25H. The minimum absolute atomic E-state index is 0.879. The van der Waals surface area contributed by atoms with Crippen LogP contribution in [0.25, 0.3) is 88.2 Å². The number of rotatable bonds is 3. The topological polar surface area (TPSA) is 35.9 Å². The quantitative estimate of drug-likeness (QED) is 0.210. The minimum atomic E-state index is 0.879. The van der Waals surface area contributed by atoms with Gasteiger partial charge in [0.2, 0.25) is 0 Å². The summed E-state index contributed by atoms with van der Waals surface area (Å²) in [5.74, 6) is 0. The summed E-state index contributed by atoms with van der Waals surface area (Å²) >= 11 is 0. The van der Waals surface area contributed by atoms with Gasteiger partial charge in [-0.25, -0.2) is 0 Å². The van der Waals surface area contributed by atoms with Gasteiger partial charge in [0.1, 0.15) is 11.2 Å². The second-order valence-corrected chi connectivity index (χ2v) is 11.6. The third-order valence-electron chi connectivity index (χ3n) is 9.15. The molecule has 45 heavy (non-hydrogen) atoms. The number of para-hydroxylation sites is 3. The Morgan fingerprint density at radius 2 is 1.02 bits per heavy atom. The van der Waals surface area contributed by atoms with Crippen LogP contribution in [0, 0.1) is 0 Å². The van der Waals surface area contributed by atoms with Crippen molar-refractivity contribution in [3.8, 4) is 22.5 Å². The summed E-state index contributed by atoms with van der Waals surface area (Å²) in [6.07, 6.45) is 1.88. The first-order chi connectivity index (χ1) is 22.3. The van der Waals surface area contributed by atoms with Crippen LogP contribution in [0.2, 0.25) is 0 Å². The zero-order valence-electron chi connectivity index (χ0n) is 24.2. The van der Waals surface area contributed by atoms with E-state index < -0.39 is 0 Å². The Morgan fingerprint density at radius 3 is 1.73 bits per heavy atom. The third kappa shape index (κ3) is 3.45. The number of pyridine rings is 1. The van der Waals surface area contributed by atoms with Gasteiger partial charge in [-0.2, -0.15) is 0 Å². The van der Waals surface area contributed by atoms with Gasteiger partial charge in [-0.15, -0.1) is 0 Å². The molecule has 4 heteroatoms.